The van der Waals surface area contributed by atoms with Crippen LogP contribution in [0.4, 0.5) is 4.39 Å². The molecule has 0 saturated heterocycles. The molecule has 98 valence electrons. The molecule has 0 amide bonds. The zero-order valence-electron chi connectivity index (χ0n) is 10.5. The Balaban J connectivity index is 1.77. The first kappa shape index (κ1) is 12.1. The van der Waals surface area contributed by atoms with Crippen LogP contribution in [-0.4, -0.2) is 11.0 Å². The van der Waals surface area contributed by atoms with E-state index in [-0.39, 0.29) is 11.6 Å². The number of benzene rings is 1. The summed E-state index contributed by atoms with van der Waals surface area (Å²) in [5.74, 6) is 0.281. The van der Waals surface area contributed by atoms with E-state index in [0.29, 0.717) is 18.5 Å². The Morgan fingerprint density at radius 1 is 1.21 bits per heavy atom. The quantitative estimate of drug-likeness (QED) is 0.893. The standard InChI is InChI=1S/C15H15FN2O/c16-13-5-1-2-6-14(13)19-15-11(4-3-9-17-15)10-18-12-7-8-12/h1-6,9,12,18H,7-8,10H2. The summed E-state index contributed by atoms with van der Waals surface area (Å²) in [4.78, 5) is 4.18. The Bertz CT molecular complexity index is 570. The van der Waals surface area contributed by atoms with Gasteiger partial charge < -0.3 is 10.1 Å². The van der Waals surface area contributed by atoms with E-state index in [2.05, 4.69) is 10.3 Å². The highest BCUT2D eigenvalue weighted by molar-refractivity contribution is 5.33. The SMILES string of the molecule is Fc1ccccc1Oc1ncccc1CNC1CC1. The van der Waals surface area contributed by atoms with Gasteiger partial charge in [-0.3, -0.25) is 0 Å². The largest absolute Gasteiger partial charge is 0.436 e. The maximum absolute atomic E-state index is 13.6. The maximum Gasteiger partial charge on any atom is 0.223 e. The normalized spacial score (nSPS) is 14.4. The number of ether oxygens (including phenoxy) is 1. The molecule has 4 heteroatoms. The summed E-state index contributed by atoms with van der Waals surface area (Å²) in [6.07, 6.45) is 4.10. The van der Waals surface area contributed by atoms with E-state index in [9.17, 15) is 4.39 Å². The summed E-state index contributed by atoms with van der Waals surface area (Å²) in [7, 11) is 0. The summed E-state index contributed by atoms with van der Waals surface area (Å²) < 4.78 is 19.1. The van der Waals surface area contributed by atoms with Crippen LogP contribution in [0, 0.1) is 5.82 Å². The number of pyridine rings is 1. The second-order valence-corrected chi connectivity index (χ2v) is 4.66. The minimum Gasteiger partial charge on any atom is -0.436 e. The molecule has 0 atom stereocenters. The van der Waals surface area contributed by atoms with E-state index >= 15 is 0 Å². The molecule has 1 aliphatic carbocycles. The van der Waals surface area contributed by atoms with Crippen LogP contribution in [0.1, 0.15) is 18.4 Å². The number of hydrogen-bond donors (Lipinski definition) is 1. The Hall–Kier alpha value is -1.94. The van der Waals surface area contributed by atoms with E-state index in [0.717, 1.165) is 5.56 Å². The molecule has 1 fully saturated rings. The number of aromatic nitrogens is 1. The second-order valence-electron chi connectivity index (χ2n) is 4.66. The zero-order valence-corrected chi connectivity index (χ0v) is 10.5. The van der Waals surface area contributed by atoms with Crippen molar-refractivity contribution in [1.29, 1.82) is 0 Å². The summed E-state index contributed by atoms with van der Waals surface area (Å²) in [6.45, 7) is 0.697. The first-order valence-electron chi connectivity index (χ1n) is 6.42. The molecule has 3 rings (SSSR count). The van der Waals surface area contributed by atoms with Crippen LogP contribution in [-0.2, 0) is 6.54 Å². The lowest BCUT2D eigenvalue weighted by Gasteiger charge is -2.10. The summed E-state index contributed by atoms with van der Waals surface area (Å²) in [6, 6.07) is 10.8. The predicted octanol–water partition coefficient (Wildman–Crippen LogP) is 3.27. The predicted molar refractivity (Wildman–Crippen MR) is 70.6 cm³/mol. The zero-order chi connectivity index (χ0) is 13.1. The molecule has 1 saturated carbocycles. The van der Waals surface area contributed by atoms with Gasteiger partial charge in [0, 0.05) is 24.3 Å². The minimum absolute atomic E-state index is 0.203. The van der Waals surface area contributed by atoms with E-state index in [4.69, 9.17) is 4.74 Å². The summed E-state index contributed by atoms with van der Waals surface area (Å²) in [5.41, 5.74) is 0.942. The van der Waals surface area contributed by atoms with Crippen molar-refractivity contribution in [3.05, 3.63) is 54.0 Å². The fraction of sp³-hybridized carbons (Fsp3) is 0.267. The first-order valence-corrected chi connectivity index (χ1v) is 6.42. The smallest absolute Gasteiger partial charge is 0.223 e. The molecule has 1 N–H and O–H groups in total. The van der Waals surface area contributed by atoms with E-state index in [1.807, 2.05) is 12.1 Å². The van der Waals surface area contributed by atoms with Crippen LogP contribution in [0.3, 0.4) is 0 Å². The van der Waals surface area contributed by atoms with Crippen molar-refractivity contribution in [1.82, 2.24) is 10.3 Å². The number of halogens is 1. The number of hydrogen-bond acceptors (Lipinski definition) is 3. The van der Waals surface area contributed by atoms with Crippen molar-refractivity contribution in [2.24, 2.45) is 0 Å². The molecule has 0 bridgehead atoms. The number of nitrogens with zero attached hydrogens (tertiary/aromatic N) is 1. The topological polar surface area (TPSA) is 34.1 Å². The fourth-order valence-electron chi connectivity index (χ4n) is 1.82. The lowest BCUT2D eigenvalue weighted by Crippen LogP contribution is -2.16. The molecule has 0 aliphatic heterocycles. The van der Waals surface area contributed by atoms with Crippen LogP contribution in [0.2, 0.25) is 0 Å². The van der Waals surface area contributed by atoms with Gasteiger partial charge in [-0.05, 0) is 31.0 Å². The van der Waals surface area contributed by atoms with Crippen molar-refractivity contribution >= 4 is 0 Å². The Labute approximate surface area is 111 Å². The van der Waals surface area contributed by atoms with E-state index in [1.165, 1.54) is 18.9 Å². The molecule has 0 unspecified atom stereocenters. The van der Waals surface area contributed by atoms with Crippen molar-refractivity contribution in [3.8, 4) is 11.6 Å². The molecule has 1 aliphatic rings. The van der Waals surface area contributed by atoms with Crippen LogP contribution < -0.4 is 10.1 Å². The molecule has 0 radical (unpaired) electrons. The Morgan fingerprint density at radius 3 is 2.84 bits per heavy atom. The lowest BCUT2D eigenvalue weighted by molar-refractivity contribution is 0.420. The molecule has 2 aromatic rings. The molecule has 1 aromatic heterocycles. The monoisotopic (exact) mass is 258 g/mol. The highest BCUT2D eigenvalue weighted by Gasteiger charge is 2.21. The lowest BCUT2D eigenvalue weighted by atomic mass is 10.2. The van der Waals surface area contributed by atoms with Crippen molar-refractivity contribution in [2.75, 3.05) is 0 Å². The average molecular weight is 258 g/mol. The molecule has 1 heterocycles. The number of rotatable bonds is 5. The maximum atomic E-state index is 13.6. The van der Waals surface area contributed by atoms with Gasteiger partial charge in [-0.25, -0.2) is 9.37 Å². The van der Waals surface area contributed by atoms with Crippen LogP contribution in [0.15, 0.2) is 42.6 Å². The van der Waals surface area contributed by atoms with Gasteiger partial charge in [0.15, 0.2) is 11.6 Å². The summed E-state index contributed by atoms with van der Waals surface area (Å²) >= 11 is 0. The highest BCUT2D eigenvalue weighted by Crippen LogP contribution is 2.26. The first-order chi connectivity index (χ1) is 9.33. The molecular formula is C15H15FN2O. The van der Waals surface area contributed by atoms with Gasteiger partial charge in [0.05, 0.1) is 0 Å². The fourth-order valence-corrected chi connectivity index (χ4v) is 1.82. The van der Waals surface area contributed by atoms with E-state index < -0.39 is 0 Å². The van der Waals surface area contributed by atoms with Gasteiger partial charge in [0.25, 0.3) is 0 Å². The van der Waals surface area contributed by atoms with Gasteiger partial charge >= 0.3 is 0 Å². The second kappa shape index (κ2) is 5.36. The average Bonchev–Trinajstić information content (AvgIpc) is 3.24. The van der Waals surface area contributed by atoms with Crippen LogP contribution in [0.25, 0.3) is 0 Å². The van der Waals surface area contributed by atoms with Crippen molar-refractivity contribution in [3.63, 3.8) is 0 Å². The summed E-state index contributed by atoms with van der Waals surface area (Å²) in [5, 5.41) is 3.40. The van der Waals surface area contributed by atoms with Crippen LogP contribution in [0.5, 0.6) is 11.6 Å². The van der Waals surface area contributed by atoms with Crippen LogP contribution >= 0.6 is 0 Å². The van der Waals surface area contributed by atoms with E-state index in [1.54, 1.807) is 24.4 Å². The van der Waals surface area contributed by atoms with Gasteiger partial charge in [-0.1, -0.05) is 18.2 Å². The molecule has 1 aromatic carbocycles. The Kier molecular flexibility index (Phi) is 3.42. The van der Waals surface area contributed by atoms with Gasteiger partial charge in [0.2, 0.25) is 5.88 Å². The number of para-hydroxylation sites is 1. The third-order valence-corrected chi connectivity index (χ3v) is 3.05. The Morgan fingerprint density at radius 2 is 2.05 bits per heavy atom. The molecule has 3 nitrogen and oxygen atoms in total. The molecule has 0 spiro atoms. The van der Waals surface area contributed by atoms with Crippen molar-refractivity contribution in [2.45, 2.75) is 25.4 Å². The number of nitrogens with one attached hydrogen (secondary N) is 1. The molecule has 19 heavy (non-hydrogen) atoms. The van der Waals surface area contributed by atoms with Gasteiger partial charge in [-0.2, -0.15) is 0 Å². The highest BCUT2D eigenvalue weighted by atomic mass is 19.1. The third-order valence-electron chi connectivity index (χ3n) is 3.05. The molecular weight excluding hydrogens is 243 g/mol. The van der Waals surface area contributed by atoms with Gasteiger partial charge in [0.1, 0.15) is 0 Å². The third kappa shape index (κ3) is 3.09. The van der Waals surface area contributed by atoms with Gasteiger partial charge in [-0.15, -0.1) is 0 Å². The van der Waals surface area contributed by atoms with Crippen molar-refractivity contribution < 1.29 is 9.13 Å². The minimum atomic E-state index is -0.380.